The Morgan fingerprint density at radius 2 is 1.77 bits per heavy atom. The molecule has 2 aliphatic rings. The molecule has 1 N–H and O–H groups in total. The van der Waals surface area contributed by atoms with E-state index in [1.165, 1.54) is 23.5 Å². The third-order valence-corrected chi connectivity index (χ3v) is 6.21. The van der Waals surface area contributed by atoms with Crippen LogP contribution >= 0.6 is 23.8 Å². The van der Waals surface area contributed by atoms with Crippen LogP contribution in [0.25, 0.3) is 6.08 Å². The van der Waals surface area contributed by atoms with Gasteiger partial charge >= 0.3 is 0 Å². The molecule has 31 heavy (non-hydrogen) atoms. The van der Waals surface area contributed by atoms with Gasteiger partial charge in [-0.1, -0.05) is 17.7 Å². The molecule has 2 fully saturated rings. The second-order valence-corrected chi connectivity index (χ2v) is 8.44. The summed E-state index contributed by atoms with van der Waals surface area (Å²) >= 11 is 11.4. The molecule has 0 atom stereocenters. The summed E-state index contributed by atoms with van der Waals surface area (Å²) in [5, 5.41) is 2.92. The number of halogens is 2. The molecule has 4 rings (SSSR count). The van der Waals surface area contributed by atoms with E-state index in [0.29, 0.717) is 10.7 Å². The average molecular weight is 458 g/mol. The number of hydrogen-bond donors (Lipinski definition) is 1. The normalized spacial score (nSPS) is 18.5. The lowest BCUT2D eigenvalue weighted by molar-refractivity contribution is -0.122. The minimum absolute atomic E-state index is 0.0482. The summed E-state index contributed by atoms with van der Waals surface area (Å²) in [6.07, 6.45) is 4.62. The van der Waals surface area contributed by atoms with Crippen LogP contribution in [0.1, 0.15) is 30.4 Å². The number of nitrogens with one attached hydrogen (secondary N) is 1. The van der Waals surface area contributed by atoms with Crippen molar-refractivity contribution < 1.29 is 14.0 Å². The van der Waals surface area contributed by atoms with E-state index in [4.69, 9.17) is 23.8 Å². The SMILES string of the molecule is Cc1ccc(N2C(=O)/C(=C/c3ccc(N4CCCCC4)cc3F)C(=O)NC2=S)cc1Cl. The number of rotatable bonds is 3. The van der Waals surface area contributed by atoms with Gasteiger partial charge in [0.1, 0.15) is 11.4 Å². The third-order valence-electron chi connectivity index (χ3n) is 5.52. The monoisotopic (exact) mass is 457 g/mol. The van der Waals surface area contributed by atoms with Crippen molar-refractivity contribution in [3.63, 3.8) is 0 Å². The highest BCUT2D eigenvalue weighted by Gasteiger charge is 2.34. The van der Waals surface area contributed by atoms with Gasteiger partial charge in [0.2, 0.25) is 0 Å². The molecule has 2 saturated heterocycles. The largest absolute Gasteiger partial charge is 0.371 e. The molecule has 8 heteroatoms. The molecule has 0 radical (unpaired) electrons. The van der Waals surface area contributed by atoms with Gasteiger partial charge in [0.15, 0.2) is 5.11 Å². The number of anilines is 2. The second kappa shape index (κ2) is 8.77. The zero-order valence-corrected chi connectivity index (χ0v) is 18.5. The van der Waals surface area contributed by atoms with Crippen molar-refractivity contribution >= 4 is 58.2 Å². The summed E-state index contributed by atoms with van der Waals surface area (Å²) in [6, 6.07) is 9.90. The molecule has 160 valence electrons. The van der Waals surface area contributed by atoms with Crippen molar-refractivity contribution in [3.05, 3.63) is 63.9 Å². The van der Waals surface area contributed by atoms with Gasteiger partial charge in [0.05, 0.1) is 5.69 Å². The maximum atomic E-state index is 14.8. The van der Waals surface area contributed by atoms with Crippen LogP contribution in [0.3, 0.4) is 0 Å². The Labute approximate surface area is 190 Å². The molecule has 0 saturated carbocycles. The molecule has 2 amide bonds. The molecule has 0 bridgehead atoms. The van der Waals surface area contributed by atoms with Gasteiger partial charge in [-0.15, -0.1) is 0 Å². The standard InChI is InChI=1S/C23H21ClFN3O2S/c1-14-5-7-17(12-19(14)24)28-22(30)18(21(29)26-23(28)31)11-15-6-8-16(13-20(15)25)27-9-3-2-4-10-27/h5-8,11-13H,2-4,9-10H2,1H3,(H,26,29,31)/b18-11+. The van der Waals surface area contributed by atoms with E-state index in [9.17, 15) is 14.0 Å². The summed E-state index contributed by atoms with van der Waals surface area (Å²) in [4.78, 5) is 28.9. The molecule has 2 aromatic rings. The first-order chi connectivity index (χ1) is 14.8. The molecule has 0 spiro atoms. The van der Waals surface area contributed by atoms with Crippen LogP contribution in [0.15, 0.2) is 42.0 Å². The summed E-state index contributed by atoms with van der Waals surface area (Å²) in [5.41, 5.74) is 2.04. The summed E-state index contributed by atoms with van der Waals surface area (Å²) in [7, 11) is 0. The number of hydrogen-bond acceptors (Lipinski definition) is 4. The Hall–Kier alpha value is -2.77. The number of aryl methyl sites for hydroxylation is 1. The fourth-order valence-electron chi connectivity index (χ4n) is 3.75. The Balaban J connectivity index is 1.66. The van der Waals surface area contributed by atoms with E-state index in [-0.39, 0.29) is 16.2 Å². The maximum absolute atomic E-state index is 14.8. The van der Waals surface area contributed by atoms with E-state index in [1.54, 1.807) is 24.3 Å². The Morgan fingerprint density at radius 1 is 1.06 bits per heavy atom. The van der Waals surface area contributed by atoms with Crippen LogP contribution in [0.2, 0.25) is 5.02 Å². The summed E-state index contributed by atoms with van der Waals surface area (Å²) < 4.78 is 14.8. The lowest BCUT2D eigenvalue weighted by Gasteiger charge is -2.29. The van der Waals surface area contributed by atoms with Gasteiger partial charge < -0.3 is 4.90 Å². The minimum Gasteiger partial charge on any atom is -0.371 e. The van der Waals surface area contributed by atoms with Gasteiger partial charge in [0.25, 0.3) is 11.8 Å². The van der Waals surface area contributed by atoms with E-state index in [1.807, 2.05) is 13.0 Å². The number of carbonyl (C=O) groups excluding carboxylic acids is 2. The number of benzene rings is 2. The molecule has 2 aliphatic heterocycles. The van der Waals surface area contributed by atoms with E-state index in [0.717, 1.165) is 37.2 Å². The van der Waals surface area contributed by atoms with Gasteiger partial charge in [-0.2, -0.15) is 0 Å². The smallest absolute Gasteiger partial charge is 0.270 e. The first-order valence-electron chi connectivity index (χ1n) is 10.1. The first kappa shape index (κ1) is 21.5. The van der Waals surface area contributed by atoms with Gasteiger partial charge in [-0.3, -0.25) is 19.8 Å². The van der Waals surface area contributed by atoms with Gasteiger partial charge in [-0.05, 0) is 80.4 Å². The molecule has 0 unspecified atom stereocenters. The molecule has 0 aromatic heterocycles. The molecule has 2 aromatic carbocycles. The van der Waals surface area contributed by atoms with Crippen molar-refractivity contribution in [1.82, 2.24) is 5.32 Å². The lowest BCUT2D eigenvalue weighted by atomic mass is 10.0. The summed E-state index contributed by atoms with van der Waals surface area (Å²) in [5.74, 6) is -1.79. The minimum atomic E-state index is -0.663. The Bertz CT molecular complexity index is 1110. The Morgan fingerprint density at radius 3 is 2.45 bits per heavy atom. The first-order valence-corrected chi connectivity index (χ1v) is 10.9. The van der Waals surface area contributed by atoms with Crippen LogP contribution in [-0.4, -0.2) is 30.0 Å². The highest BCUT2D eigenvalue weighted by molar-refractivity contribution is 7.80. The number of thiocarbonyl (C=S) groups is 1. The molecule has 0 aliphatic carbocycles. The highest BCUT2D eigenvalue weighted by Crippen LogP contribution is 2.28. The second-order valence-electron chi connectivity index (χ2n) is 7.64. The average Bonchev–Trinajstić information content (AvgIpc) is 2.75. The van der Waals surface area contributed by atoms with Crippen molar-refractivity contribution in [2.75, 3.05) is 22.9 Å². The van der Waals surface area contributed by atoms with Crippen molar-refractivity contribution in [2.24, 2.45) is 0 Å². The quantitative estimate of drug-likeness (QED) is 0.415. The van der Waals surface area contributed by atoms with Crippen LogP contribution in [0, 0.1) is 12.7 Å². The fourth-order valence-corrected chi connectivity index (χ4v) is 4.21. The van der Waals surface area contributed by atoms with Gasteiger partial charge in [0, 0.05) is 29.4 Å². The van der Waals surface area contributed by atoms with E-state index in [2.05, 4.69) is 10.2 Å². The predicted molar refractivity (Wildman–Crippen MR) is 125 cm³/mol. The fraction of sp³-hybridized carbons (Fsp3) is 0.261. The molecular weight excluding hydrogens is 437 g/mol. The summed E-state index contributed by atoms with van der Waals surface area (Å²) in [6.45, 7) is 3.63. The third kappa shape index (κ3) is 4.34. The molecular formula is C23H21ClFN3O2S. The highest BCUT2D eigenvalue weighted by atomic mass is 35.5. The maximum Gasteiger partial charge on any atom is 0.270 e. The number of piperidine rings is 1. The predicted octanol–water partition coefficient (Wildman–Crippen LogP) is 4.61. The zero-order valence-electron chi connectivity index (χ0n) is 17.0. The van der Waals surface area contributed by atoms with Crippen LogP contribution in [0.4, 0.5) is 15.8 Å². The van der Waals surface area contributed by atoms with Crippen LogP contribution in [0.5, 0.6) is 0 Å². The number of amides is 2. The van der Waals surface area contributed by atoms with Crippen molar-refractivity contribution in [2.45, 2.75) is 26.2 Å². The number of carbonyl (C=O) groups is 2. The van der Waals surface area contributed by atoms with Crippen molar-refractivity contribution in [1.29, 1.82) is 0 Å². The lowest BCUT2D eigenvalue weighted by Crippen LogP contribution is -2.54. The van der Waals surface area contributed by atoms with E-state index >= 15 is 0 Å². The molecule has 2 heterocycles. The topological polar surface area (TPSA) is 52.7 Å². The Kier molecular flexibility index (Phi) is 6.07. The van der Waals surface area contributed by atoms with Gasteiger partial charge in [-0.25, -0.2) is 4.39 Å². The zero-order chi connectivity index (χ0) is 22.1. The van der Waals surface area contributed by atoms with Crippen LogP contribution < -0.4 is 15.1 Å². The number of nitrogens with zero attached hydrogens (tertiary/aromatic N) is 2. The van der Waals surface area contributed by atoms with Crippen LogP contribution in [-0.2, 0) is 9.59 Å². The van der Waals surface area contributed by atoms with E-state index < -0.39 is 17.6 Å². The van der Waals surface area contributed by atoms with Crippen molar-refractivity contribution in [3.8, 4) is 0 Å². The molecule has 5 nitrogen and oxygen atoms in total.